The van der Waals surface area contributed by atoms with Gasteiger partial charge in [-0.05, 0) is 18.6 Å². The number of thioether (sulfide) groups is 1. The van der Waals surface area contributed by atoms with Gasteiger partial charge in [-0.15, -0.1) is 0 Å². The van der Waals surface area contributed by atoms with Gasteiger partial charge >= 0.3 is 0 Å². The molecule has 0 unspecified atom stereocenters. The van der Waals surface area contributed by atoms with Crippen LogP contribution in [0.4, 0.5) is 0 Å². The van der Waals surface area contributed by atoms with E-state index in [0.717, 1.165) is 0 Å². The highest BCUT2D eigenvalue weighted by Crippen LogP contribution is 2.19. The molecule has 0 spiro atoms. The molecule has 1 radical (unpaired) electrons. The average molecular weight is 622 g/mol. The lowest BCUT2D eigenvalue weighted by atomic mass is 10.0. The summed E-state index contributed by atoms with van der Waals surface area (Å²) in [5.41, 5.74) is 0. The van der Waals surface area contributed by atoms with E-state index >= 15 is 0 Å². The van der Waals surface area contributed by atoms with Gasteiger partial charge < -0.3 is 0 Å². The summed E-state index contributed by atoms with van der Waals surface area (Å²) in [5, 5.41) is 0. The quantitative estimate of drug-likeness (QED) is 0.0613. The van der Waals surface area contributed by atoms with Crippen molar-refractivity contribution in [2.75, 3.05) is 5.75 Å². The zero-order valence-electron chi connectivity index (χ0n) is 30.6. The van der Waals surface area contributed by atoms with Crippen molar-refractivity contribution < 1.29 is 0 Å². The van der Waals surface area contributed by atoms with Crippen molar-refractivity contribution in [1.29, 1.82) is 0 Å². The van der Waals surface area contributed by atoms with Crippen LogP contribution >= 0.6 is 11.8 Å². The van der Waals surface area contributed by atoms with E-state index in [1.54, 1.807) is 0 Å². The van der Waals surface area contributed by atoms with E-state index < -0.39 is 0 Å². The summed E-state index contributed by atoms with van der Waals surface area (Å²) in [6.45, 7) is 4.62. The van der Waals surface area contributed by atoms with E-state index in [1.165, 1.54) is 250 Å². The molecule has 0 aliphatic heterocycles. The molecule has 0 aliphatic carbocycles. The Balaban J connectivity index is 3.02. The average Bonchev–Trinajstić information content (AvgIpc) is 3.02. The predicted molar refractivity (Wildman–Crippen MR) is 204 cm³/mol. The SMILES string of the molecule is CCCCCCCCCCCCCCCCCCCCC[CH]SCCCCCCCCCCCCCCCCCCCC. The van der Waals surface area contributed by atoms with Crippen LogP contribution in [-0.4, -0.2) is 5.75 Å². The van der Waals surface area contributed by atoms with Gasteiger partial charge in [0, 0.05) is 5.75 Å². The first-order valence-electron chi connectivity index (χ1n) is 20.8. The fraction of sp³-hybridized carbons (Fsp3) is 0.976. The summed E-state index contributed by atoms with van der Waals surface area (Å²) in [5.74, 6) is 3.87. The van der Waals surface area contributed by atoms with Crippen LogP contribution < -0.4 is 0 Å². The maximum Gasteiger partial charge on any atom is 0.0166 e. The lowest BCUT2D eigenvalue weighted by Gasteiger charge is -2.05. The zero-order valence-corrected chi connectivity index (χ0v) is 31.4. The van der Waals surface area contributed by atoms with Crippen molar-refractivity contribution in [3.8, 4) is 0 Å². The topological polar surface area (TPSA) is 0 Å². The molecule has 0 atom stereocenters. The minimum atomic E-state index is 1.34. The fourth-order valence-corrected chi connectivity index (χ4v) is 7.43. The molecule has 43 heavy (non-hydrogen) atoms. The van der Waals surface area contributed by atoms with Crippen LogP contribution in [0.3, 0.4) is 0 Å². The highest BCUT2D eigenvalue weighted by atomic mass is 32.2. The highest BCUT2D eigenvalue weighted by molar-refractivity contribution is 8.01. The molecule has 0 aromatic carbocycles. The van der Waals surface area contributed by atoms with Crippen LogP contribution in [0.25, 0.3) is 0 Å². The second-order valence-corrected chi connectivity index (χ2v) is 15.3. The molecule has 0 aromatic rings. The molecule has 0 aliphatic rings. The minimum absolute atomic E-state index is 1.34. The molecular weight excluding hydrogens is 537 g/mol. The minimum Gasteiger partial charge on any atom is -0.157 e. The fourth-order valence-electron chi connectivity index (χ4n) is 6.56. The van der Waals surface area contributed by atoms with Gasteiger partial charge in [-0.2, -0.15) is 11.8 Å². The summed E-state index contributed by atoms with van der Waals surface area (Å²) in [6.07, 6.45) is 55.7. The lowest BCUT2D eigenvalue weighted by Crippen LogP contribution is -1.85. The Hall–Kier alpha value is 0.350. The molecular formula is C42H85S. The Kier molecular flexibility index (Phi) is 42.7. The van der Waals surface area contributed by atoms with Gasteiger partial charge in [0.2, 0.25) is 0 Å². The summed E-state index contributed by atoms with van der Waals surface area (Å²) in [7, 11) is 0. The molecule has 0 saturated heterocycles. The van der Waals surface area contributed by atoms with Crippen LogP contribution in [0.1, 0.15) is 258 Å². The Bertz CT molecular complexity index is 406. The van der Waals surface area contributed by atoms with Gasteiger partial charge in [0.25, 0.3) is 0 Å². The highest BCUT2D eigenvalue weighted by Gasteiger charge is 1.98. The largest absolute Gasteiger partial charge is 0.157 e. The summed E-state index contributed by atoms with van der Waals surface area (Å²) >= 11 is 2.11. The van der Waals surface area contributed by atoms with Gasteiger partial charge in [0.1, 0.15) is 0 Å². The summed E-state index contributed by atoms with van der Waals surface area (Å²) < 4.78 is 0. The van der Waals surface area contributed by atoms with Crippen molar-refractivity contribution >= 4 is 11.8 Å². The third-order valence-corrected chi connectivity index (χ3v) is 10.7. The first-order valence-corrected chi connectivity index (χ1v) is 21.9. The van der Waals surface area contributed by atoms with Gasteiger partial charge in [-0.1, -0.05) is 245 Å². The van der Waals surface area contributed by atoms with E-state index in [9.17, 15) is 0 Å². The van der Waals surface area contributed by atoms with E-state index in [4.69, 9.17) is 0 Å². The van der Waals surface area contributed by atoms with Crippen LogP contribution in [0.5, 0.6) is 0 Å². The van der Waals surface area contributed by atoms with Crippen LogP contribution in [0.15, 0.2) is 0 Å². The maximum atomic E-state index is 2.52. The predicted octanol–water partition coefficient (Wildman–Crippen LogP) is 16.7. The standard InChI is InChI=1S/C42H85S/c1-3-5-7-9-11-13-15-17-19-21-23-24-26-28-30-32-34-36-38-40-42-43-41-39-37-35-33-31-29-27-25-22-20-18-16-14-12-10-8-6-4-2/h42H,3-41H2,1-2H3. The van der Waals surface area contributed by atoms with Crippen molar-refractivity contribution in [2.45, 2.75) is 258 Å². The molecule has 259 valence electrons. The molecule has 0 fully saturated rings. The van der Waals surface area contributed by atoms with E-state index in [1.807, 2.05) is 0 Å². The smallest absolute Gasteiger partial charge is 0.0166 e. The first-order chi connectivity index (χ1) is 21.4. The molecule has 0 amide bonds. The normalized spacial score (nSPS) is 11.6. The Labute approximate surface area is 280 Å². The zero-order chi connectivity index (χ0) is 31.0. The number of rotatable bonds is 40. The molecule has 0 rings (SSSR count). The number of hydrogen-bond donors (Lipinski definition) is 0. The van der Waals surface area contributed by atoms with Gasteiger partial charge in [-0.3, -0.25) is 0 Å². The van der Waals surface area contributed by atoms with E-state index in [0.29, 0.717) is 0 Å². The summed E-state index contributed by atoms with van der Waals surface area (Å²) in [4.78, 5) is 0. The van der Waals surface area contributed by atoms with Crippen molar-refractivity contribution in [1.82, 2.24) is 0 Å². The van der Waals surface area contributed by atoms with E-state index in [-0.39, 0.29) is 0 Å². The second kappa shape index (κ2) is 42.3. The molecule has 1 heteroatoms. The Morgan fingerprint density at radius 1 is 0.256 bits per heavy atom. The van der Waals surface area contributed by atoms with Crippen molar-refractivity contribution in [2.24, 2.45) is 0 Å². The molecule has 0 N–H and O–H groups in total. The number of hydrogen-bond acceptors (Lipinski definition) is 1. The molecule has 0 nitrogen and oxygen atoms in total. The Morgan fingerprint density at radius 2 is 0.465 bits per heavy atom. The summed E-state index contributed by atoms with van der Waals surface area (Å²) in [6, 6.07) is 0. The third-order valence-electron chi connectivity index (χ3n) is 9.66. The molecule has 0 aromatic heterocycles. The van der Waals surface area contributed by atoms with Crippen LogP contribution in [0.2, 0.25) is 0 Å². The van der Waals surface area contributed by atoms with Gasteiger partial charge in [0.05, 0.1) is 0 Å². The van der Waals surface area contributed by atoms with Crippen molar-refractivity contribution in [3.63, 3.8) is 0 Å². The third kappa shape index (κ3) is 42.4. The van der Waals surface area contributed by atoms with Crippen LogP contribution in [-0.2, 0) is 0 Å². The van der Waals surface area contributed by atoms with Gasteiger partial charge in [0.15, 0.2) is 0 Å². The molecule has 0 saturated carbocycles. The van der Waals surface area contributed by atoms with E-state index in [2.05, 4.69) is 31.4 Å². The lowest BCUT2D eigenvalue weighted by molar-refractivity contribution is 0.523. The second-order valence-electron chi connectivity index (χ2n) is 14.2. The molecule has 0 heterocycles. The monoisotopic (exact) mass is 622 g/mol. The van der Waals surface area contributed by atoms with Crippen LogP contribution in [0, 0.1) is 5.75 Å². The maximum absolute atomic E-state index is 2.52. The van der Waals surface area contributed by atoms with Crippen molar-refractivity contribution in [3.05, 3.63) is 5.75 Å². The first kappa shape index (κ1) is 43.4. The number of unbranched alkanes of at least 4 members (excludes halogenated alkanes) is 36. The Morgan fingerprint density at radius 3 is 0.721 bits per heavy atom. The van der Waals surface area contributed by atoms with Gasteiger partial charge in [-0.25, -0.2) is 0 Å². The molecule has 0 bridgehead atoms.